The number of aliphatic hydroxyl groups is 1. The highest BCUT2D eigenvalue weighted by Crippen LogP contribution is 2.43. The molecule has 0 saturated heterocycles. The van der Waals surface area contributed by atoms with Crippen molar-refractivity contribution in [2.24, 2.45) is 0 Å². The number of phosphoric ester groups is 1. The second kappa shape index (κ2) is 52.8. The molecule has 0 fully saturated rings. The number of carbonyl (C=O) groups is 3. The highest BCUT2D eigenvalue weighted by Gasteiger charge is 2.28. The molecule has 0 amide bonds. The van der Waals surface area contributed by atoms with E-state index in [4.69, 9.17) is 23.3 Å². The van der Waals surface area contributed by atoms with Crippen molar-refractivity contribution in [1.29, 1.82) is 0 Å². The fourth-order valence-corrected chi connectivity index (χ4v) is 8.72. The number of phosphoric acid groups is 1. The molecule has 3 atom stereocenters. The van der Waals surface area contributed by atoms with Crippen molar-refractivity contribution in [3.63, 3.8) is 0 Å². The van der Waals surface area contributed by atoms with Crippen LogP contribution in [0.2, 0.25) is 0 Å². The quantitative estimate of drug-likeness (QED) is 0.0197. The van der Waals surface area contributed by atoms with E-state index >= 15 is 0 Å². The normalized spacial score (nSPS) is 13.7. The van der Waals surface area contributed by atoms with Crippen LogP contribution in [0.15, 0.2) is 48.6 Å². The van der Waals surface area contributed by atoms with Gasteiger partial charge in [0.2, 0.25) is 0 Å². The monoisotopic (exact) mass is 1010 g/mol. The molecule has 0 rings (SSSR count). The minimum Gasteiger partial charge on any atom is -0.462 e. The number of rotatable bonds is 53. The fourth-order valence-electron chi connectivity index (χ4n) is 7.94. The van der Waals surface area contributed by atoms with Crippen LogP contribution in [0.4, 0.5) is 0 Å². The van der Waals surface area contributed by atoms with Crippen LogP contribution in [0.1, 0.15) is 265 Å². The first kappa shape index (κ1) is 67.4. The second-order valence-corrected chi connectivity index (χ2v) is 20.5. The van der Waals surface area contributed by atoms with Gasteiger partial charge in [0, 0.05) is 19.3 Å². The average molecular weight is 1010 g/mol. The van der Waals surface area contributed by atoms with Gasteiger partial charge in [0.05, 0.1) is 19.8 Å². The molecule has 12 heteroatoms. The van der Waals surface area contributed by atoms with Crippen molar-refractivity contribution in [3.8, 4) is 0 Å². The lowest BCUT2D eigenvalue weighted by atomic mass is 10.0. The van der Waals surface area contributed by atoms with E-state index in [1.165, 1.54) is 103 Å². The van der Waals surface area contributed by atoms with Crippen LogP contribution in [-0.2, 0) is 42.2 Å². The molecule has 2 N–H and O–H groups in total. The topological polar surface area (TPSA) is 155 Å². The van der Waals surface area contributed by atoms with E-state index in [0.29, 0.717) is 19.3 Å². The SMILES string of the molecule is CC/C=C\C/C=C\C/C=C\C/C=C\CCCCCCCCC(=O)OC(COC(=O)CCCCCCCCCCCCCCC)COP(=O)(O)OCC(CO)OC(=O)CCCCCCCCCCCCC. The second-order valence-electron chi connectivity index (χ2n) is 19.1. The van der Waals surface area contributed by atoms with Crippen LogP contribution in [0.3, 0.4) is 0 Å². The van der Waals surface area contributed by atoms with Crippen LogP contribution in [0.25, 0.3) is 0 Å². The third-order valence-electron chi connectivity index (χ3n) is 12.3. The van der Waals surface area contributed by atoms with Crippen molar-refractivity contribution < 1.29 is 52.2 Å². The summed E-state index contributed by atoms with van der Waals surface area (Å²) in [4.78, 5) is 48.4. The van der Waals surface area contributed by atoms with E-state index in [1.807, 2.05) is 0 Å². The summed E-state index contributed by atoms with van der Waals surface area (Å²) < 4.78 is 39.5. The summed E-state index contributed by atoms with van der Waals surface area (Å²) in [7, 11) is -4.74. The van der Waals surface area contributed by atoms with Gasteiger partial charge in [0.15, 0.2) is 6.10 Å². The van der Waals surface area contributed by atoms with Crippen molar-refractivity contribution in [2.75, 3.05) is 26.4 Å². The lowest BCUT2D eigenvalue weighted by Gasteiger charge is -2.21. The fraction of sp³-hybridized carbons (Fsp3) is 0.810. The number of carbonyl (C=O) groups excluding carboxylic acids is 3. The number of ether oxygens (including phenoxy) is 3. The van der Waals surface area contributed by atoms with Gasteiger partial charge in [0.1, 0.15) is 12.7 Å². The van der Waals surface area contributed by atoms with Gasteiger partial charge in [-0.05, 0) is 57.8 Å². The smallest absolute Gasteiger partial charge is 0.462 e. The maximum atomic E-state index is 12.9. The van der Waals surface area contributed by atoms with Gasteiger partial charge in [-0.1, -0.05) is 236 Å². The number of hydrogen-bond donors (Lipinski definition) is 2. The Morgan fingerprint density at radius 1 is 0.414 bits per heavy atom. The zero-order valence-corrected chi connectivity index (χ0v) is 45.9. The maximum Gasteiger partial charge on any atom is 0.472 e. The van der Waals surface area contributed by atoms with E-state index < -0.39 is 57.8 Å². The molecule has 70 heavy (non-hydrogen) atoms. The van der Waals surface area contributed by atoms with Gasteiger partial charge in [-0.15, -0.1) is 0 Å². The Kier molecular flexibility index (Phi) is 50.8. The number of aliphatic hydroxyl groups excluding tert-OH is 1. The summed E-state index contributed by atoms with van der Waals surface area (Å²) in [6, 6.07) is 0. The molecular formula is C58H105O11P. The Bertz CT molecular complexity index is 1360. The summed E-state index contributed by atoms with van der Waals surface area (Å²) >= 11 is 0. The molecule has 0 bridgehead atoms. The van der Waals surface area contributed by atoms with Crippen molar-refractivity contribution in [1.82, 2.24) is 0 Å². The molecule has 0 aliphatic rings. The Balaban J connectivity index is 4.73. The first-order valence-corrected chi connectivity index (χ1v) is 30.0. The predicted octanol–water partition coefficient (Wildman–Crippen LogP) is 16.6. The number of allylic oxidation sites excluding steroid dienone is 8. The van der Waals surface area contributed by atoms with Crippen LogP contribution in [0.5, 0.6) is 0 Å². The van der Waals surface area contributed by atoms with Gasteiger partial charge in [-0.25, -0.2) is 4.57 Å². The molecule has 0 heterocycles. The molecule has 0 aliphatic carbocycles. The van der Waals surface area contributed by atoms with Gasteiger partial charge >= 0.3 is 25.7 Å². The summed E-state index contributed by atoms with van der Waals surface area (Å²) in [6.07, 6.45) is 55.0. The van der Waals surface area contributed by atoms with Gasteiger partial charge in [0.25, 0.3) is 0 Å². The summed E-state index contributed by atoms with van der Waals surface area (Å²) in [5.41, 5.74) is 0. The van der Waals surface area contributed by atoms with E-state index in [0.717, 1.165) is 103 Å². The van der Waals surface area contributed by atoms with Crippen LogP contribution in [0, 0.1) is 0 Å². The van der Waals surface area contributed by atoms with Crippen LogP contribution < -0.4 is 0 Å². The Morgan fingerprint density at radius 3 is 1.14 bits per heavy atom. The van der Waals surface area contributed by atoms with Crippen LogP contribution >= 0.6 is 7.82 Å². The average Bonchev–Trinajstić information content (AvgIpc) is 3.35. The molecule has 408 valence electrons. The standard InChI is InChI=1S/C58H105O11P/c1-4-7-10-13-16-19-22-24-25-26-27-28-29-31-34-37-40-43-46-49-58(62)69-55(51-65-56(60)47-44-41-38-35-33-30-23-20-17-14-11-8-5-2)53-67-70(63,64)66-52-54(50-59)68-57(61)48-45-42-39-36-32-21-18-15-12-9-6-3/h7,10,16,19,24-25,27-28,54-55,59H,4-6,8-9,11-15,17-18,20-23,26,29-53H2,1-3H3,(H,63,64)/b10-7-,19-16-,25-24-,28-27-. The molecule has 11 nitrogen and oxygen atoms in total. The summed E-state index contributed by atoms with van der Waals surface area (Å²) in [5, 5.41) is 9.79. The Labute approximate surface area is 428 Å². The first-order valence-electron chi connectivity index (χ1n) is 28.5. The number of esters is 3. The molecule has 3 unspecified atom stereocenters. The lowest BCUT2D eigenvalue weighted by molar-refractivity contribution is -0.161. The van der Waals surface area contributed by atoms with Gasteiger partial charge < -0.3 is 24.2 Å². The lowest BCUT2D eigenvalue weighted by Crippen LogP contribution is -2.30. The van der Waals surface area contributed by atoms with E-state index in [2.05, 4.69) is 69.4 Å². The molecule has 0 spiro atoms. The molecule has 0 radical (unpaired) electrons. The first-order chi connectivity index (χ1) is 34.2. The molecular weight excluding hydrogens is 904 g/mol. The molecule has 0 aromatic heterocycles. The molecule has 0 aromatic rings. The van der Waals surface area contributed by atoms with E-state index in [-0.39, 0.29) is 25.9 Å². The zero-order chi connectivity index (χ0) is 51.3. The molecule has 0 aromatic carbocycles. The third-order valence-corrected chi connectivity index (χ3v) is 13.2. The number of hydrogen-bond acceptors (Lipinski definition) is 10. The predicted molar refractivity (Wildman–Crippen MR) is 289 cm³/mol. The number of unbranched alkanes of at least 4 members (excludes halogenated alkanes) is 28. The Hall–Kier alpha value is -2.56. The minimum atomic E-state index is -4.74. The van der Waals surface area contributed by atoms with Crippen molar-refractivity contribution in [3.05, 3.63) is 48.6 Å². The molecule has 0 aliphatic heterocycles. The Morgan fingerprint density at radius 2 is 0.743 bits per heavy atom. The minimum absolute atomic E-state index is 0.154. The summed E-state index contributed by atoms with van der Waals surface area (Å²) in [6.45, 7) is 4.53. The highest BCUT2D eigenvalue weighted by atomic mass is 31.2. The van der Waals surface area contributed by atoms with Gasteiger partial charge in [-0.2, -0.15) is 0 Å². The maximum absolute atomic E-state index is 12.9. The van der Waals surface area contributed by atoms with Gasteiger partial charge in [-0.3, -0.25) is 23.4 Å². The van der Waals surface area contributed by atoms with Crippen LogP contribution in [-0.4, -0.2) is 66.5 Å². The highest BCUT2D eigenvalue weighted by molar-refractivity contribution is 7.47. The van der Waals surface area contributed by atoms with E-state index in [1.54, 1.807) is 0 Å². The summed E-state index contributed by atoms with van der Waals surface area (Å²) in [5.74, 6) is -1.47. The van der Waals surface area contributed by atoms with Crippen molar-refractivity contribution >= 4 is 25.7 Å². The third kappa shape index (κ3) is 50.4. The molecule has 0 saturated carbocycles. The van der Waals surface area contributed by atoms with E-state index in [9.17, 15) is 28.9 Å². The largest absolute Gasteiger partial charge is 0.472 e. The van der Waals surface area contributed by atoms with Crippen molar-refractivity contribution in [2.45, 2.75) is 277 Å². The zero-order valence-electron chi connectivity index (χ0n) is 45.0.